The van der Waals surface area contributed by atoms with E-state index in [0.717, 1.165) is 12.0 Å². The van der Waals surface area contributed by atoms with E-state index in [1.165, 1.54) is 19.1 Å². The van der Waals surface area contributed by atoms with Crippen molar-refractivity contribution in [3.05, 3.63) is 89.0 Å². The fourth-order valence-electron chi connectivity index (χ4n) is 4.45. The van der Waals surface area contributed by atoms with E-state index in [0.29, 0.717) is 28.5 Å². The molecule has 0 aliphatic carbocycles. The van der Waals surface area contributed by atoms with E-state index < -0.39 is 17.7 Å². The first-order chi connectivity index (χ1) is 17.8. The first-order valence-corrected chi connectivity index (χ1v) is 12.2. The van der Waals surface area contributed by atoms with Crippen LogP contribution in [0.1, 0.15) is 43.5 Å². The minimum Gasteiger partial charge on any atom is -0.507 e. The van der Waals surface area contributed by atoms with Gasteiger partial charge in [-0.25, -0.2) is 0 Å². The Kier molecular flexibility index (Phi) is 7.53. The highest BCUT2D eigenvalue weighted by Crippen LogP contribution is 2.44. The van der Waals surface area contributed by atoms with Crippen LogP contribution in [0, 0.1) is 0 Å². The molecule has 7 nitrogen and oxygen atoms in total. The number of ether oxygens (including phenoxy) is 3. The minimum atomic E-state index is -0.848. The van der Waals surface area contributed by atoms with Gasteiger partial charge < -0.3 is 19.3 Å². The Balaban J connectivity index is 1.91. The smallest absolute Gasteiger partial charge is 0.300 e. The summed E-state index contributed by atoms with van der Waals surface area (Å²) in [5.74, 6) is -0.373. The summed E-state index contributed by atoms with van der Waals surface area (Å²) in [5.41, 5.74) is 2.56. The lowest BCUT2D eigenvalue weighted by molar-refractivity contribution is -0.132. The first kappa shape index (κ1) is 25.8. The molecule has 0 radical (unpaired) electrons. The summed E-state index contributed by atoms with van der Waals surface area (Å²) in [6, 6.07) is 18.7. The lowest BCUT2D eigenvalue weighted by atomic mass is 9.94. The van der Waals surface area contributed by atoms with Crippen LogP contribution >= 0.6 is 0 Å². The van der Waals surface area contributed by atoms with Gasteiger partial charge in [-0.15, -0.1) is 0 Å². The highest BCUT2D eigenvalue weighted by atomic mass is 16.5. The number of aliphatic hydroxyl groups excluding tert-OH is 1. The normalized spacial score (nSPS) is 16.8. The predicted octanol–water partition coefficient (Wildman–Crippen LogP) is 5.68. The van der Waals surface area contributed by atoms with Crippen LogP contribution < -0.4 is 19.1 Å². The lowest BCUT2D eigenvalue weighted by Gasteiger charge is -2.26. The van der Waals surface area contributed by atoms with Crippen molar-refractivity contribution in [2.24, 2.45) is 0 Å². The van der Waals surface area contributed by atoms with Gasteiger partial charge in [-0.2, -0.15) is 0 Å². The number of anilines is 1. The SMILES string of the molecule is CCc1ccc(C2/C(=C(\O)c3cc(OC)ccc3OC)C(=O)C(=O)N2c2ccc(OC(C)C)cc2)cc1. The van der Waals surface area contributed by atoms with Crippen molar-refractivity contribution < 1.29 is 28.9 Å². The average molecular weight is 502 g/mol. The number of hydrogen-bond acceptors (Lipinski definition) is 6. The summed E-state index contributed by atoms with van der Waals surface area (Å²) >= 11 is 0. The number of carbonyl (C=O) groups is 2. The van der Waals surface area contributed by atoms with Crippen molar-refractivity contribution >= 4 is 23.1 Å². The number of aliphatic hydroxyl groups is 1. The van der Waals surface area contributed by atoms with Gasteiger partial charge in [-0.1, -0.05) is 31.2 Å². The zero-order valence-electron chi connectivity index (χ0n) is 21.6. The maximum atomic E-state index is 13.5. The number of nitrogens with zero attached hydrogens (tertiary/aromatic N) is 1. The summed E-state index contributed by atoms with van der Waals surface area (Å²) < 4.78 is 16.5. The average Bonchev–Trinajstić information content (AvgIpc) is 3.18. The molecule has 7 heteroatoms. The van der Waals surface area contributed by atoms with Crippen LogP contribution in [0.2, 0.25) is 0 Å². The van der Waals surface area contributed by atoms with E-state index in [2.05, 4.69) is 6.92 Å². The lowest BCUT2D eigenvalue weighted by Crippen LogP contribution is -2.29. The Hall–Kier alpha value is -4.26. The molecule has 1 atom stereocenters. The van der Waals surface area contributed by atoms with E-state index in [4.69, 9.17) is 14.2 Å². The van der Waals surface area contributed by atoms with Crippen LogP contribution in [-0.2, 0) is 16.0 Å². The fourth-order valence-corrected chi connectivity index (χ4v) is 4.45. The maximum Gasteiger partial charge on any atom is 0.300 e. The summed E-state index contributed by atoms with van der Waals surface area (Å²) in [7, 11) is 2.98. The molecule has 4 rings (SSSR count). The molecule has 3 aromatic carbocycles. The Morgan fingerprint density at radius 1 is 0.919 bits per heavy atom. The van der Waals surface area contributed by atoms with Crippen LogP contribution in [0.4, 0.5) is 5.69 Å². The first-order valence-electron chi connectivity index (χ1n) is 12.2. The van der Waals surface area contributed by atoms with Crippen LogP contribution in [0.25, 0.3) is 5.76 Å². The highest BCUT2D eigenvalue weighted by Gasteiger charge is 2.47. The number of methoxy groups -OCH3 is 2. The number of aryl methyl sites for hydroxylation is 1. The summed E-state index contributed by atoms with van der Waals surface area (Å²) in [5, 5.41) is 11.5. The Morgan fingerprint density at radius 2 is 1.57 bits per heavy atom. The standard InChI is InChI=1S/C30H31NO6/c1-6-19-7-9-20(10-8-19)27-26(28(32)24-17-23(35-4)15-16-25(24)36-5)29(33)30(34)31(27)21-11-13-22(14-12-21)37-18(2)3/h7-18,27,32H,6H2,1-5H3/b28-26+. The Morgan fingerprint density at radius 3 is 2.14 bits per heavy atom. The summed E-state index contributed by atoms with van der Waals surface area (Å²) in [6.45, 7) is 5.91. The van der Waals surface area contributed by atoms with Crippen LogP contribution in [-0.4, -0.2) is 37.1 Å². The van der Waals surface area contributed by atoms with Crippen LogP contribution in [0.5, 0.6) is 17.2 Å². The Labute approximate surface area is 216 Å². The zero-order chi connectivity index (χ0) is 26.7. The quantitative estimate of drug-likeness (QED) is 0.243. The largest absolute Gasteiger partial charge is 0.507 e. The molecule has 1 fully saturated rings. The van der Waals surface area contributed by atoms with Crippen LogP contribution in [0.15, 0.2) is 72.3 Å². The van der Waals surface area contributed by atoms with Gasteiger partial charge in [0.15, 0.2) is 0 Å². The van der Waals surface area contributed by atoms with Crippen LogP contribution in [0.3, 0.4) is 0 Å². The van der Waals surface area contributed by atoms with Gasteiger partial charge in [0.25, 0.3) is 11.7 Å². The molecular weight excluding hydrogens is 470 g/mol. The Bertz CT molecular complexity index is 1330. The molecule has 1 heterocycles. The van der Waals surface area contributed by atoms with Crippen molar-refractivity contribution in [2.75, 3.05) is 19.1 Å². The number of amides is 1. The second-order valence-corrected chi connectivity index (χ2v) is 8.99. The van der Waals surface area contributed by atoms with E-state index in [-0.39, 0.29) is 23.0 Å². The van der Waals surface area contributed by atoms with Crippen molar-refractivity contribution in [2.45, 2.75) is 39.3 Å². The predicted molar refractivity (Wildman–Crippen MR) is 142 cm³/mol. The van der Waals surface area contributed by atoms with Crippen molar-refractivity contribution in [1.29, 1.82) is 0 Å². The van der Waals surface area contributed by atoms with Crippen molar-refractivity contribution in [1.82, 2.24) is 0 Å². The van der Waals surface area contributed by atoms with E-state index in [1.807, 2.05) is 38.1 Å². The van der Waals surface area contributed by atoms with Gasteiger partial charge in [0.1, 0.15) is 23.0 Å². The third-order valence-electron chi connectivity index (χ3n) is 6.30. The van der Waals surface area contributed by atoms with Crippen molar-refractivity contribution in [3.63, 3.8) is 0 Å². The number of Topliss-reactive ketones (excluding diaryl/α,β-unsaturated/α-hetero) is 1. The minimum absolute atomic E-state index is 0.00463. The molecule has 1 N–H and O–H groups in total. The molecule has 0 spiro atoms. The van der Waals surface area contributed by atoms with Gasteiger partial charge in [-0.05, 0) is 73.9 Å². The third kappa shape index (κ3) is 5.03. The molecule has 192 valence electrons. The molecule has 0 saturated carbocycles. The van der Waals surface area contributed by atoms with Gasteiger partial charge in [0, 0.05) is 5.69 Å². The molecule has 37 heavy (non-hydrogen) atoms. The van der Waals surface area contributed by atoms with E-state index in [9.17, 15) is 14.7 Å². The number of ketones is 1. The molecular formula is C30H31NO6. The number of benzene rings is 3. The zero-order valence-corrected chi connectivity index (χ0v) is 21.6. The molecule has 1 aliphatic rings. The number of hydrogen-bond donors (Lipinski definition) is 1. The van der Waals surface area contributed by atoms with E-state index >= 15 is 0 Å². The van der Waals surface area contributed by atoms with Gasteiger partial charge in [0.2, 0.25) is 0 Å². The molecule has 0 aromatic heterocycles. The third-order valence-corrected chi connectivity index (χ3v) is 6.30. The molecule has 1 saturated heterocycles. The summed E-state index contributed by atoms with van der Waals surface area (Å²) in [6.07, 6.45) is 0.841. The topological polar surface area (TPSA) is 85.3 Å². The second-order valence-electron chi connectivity index (χ2n) is 8.99. The molecule has 3 aromatic rings. The van der Waals surface area contributed by atoms with Gasteiger partial charge >= 0.3 is 0 Å². The molecule has 0 bridgehead atoms. The number of rotatable bonds is 8. The second kappa shape index (κ2) is 10.8. The number of carbonyl (C=O) groups excluding carboxylic acids is 2. The molecule has 1 aliphatic heterocycles. The fraction of sp³-hybridized carbons (Fsp3) is 0.267. The summed E-state index contributed by atoms with van der Waals surface area (Å²) in [4.78, 5) is 28.3. The molecule has 1 amide bonds. The van der Waals surface area contributed by atoms with Gasteiger partial charge in [0.05, 0.1) is 37.5 Å². The highest BCUT2D eigenvalue weighted by molar-refractivity contribution is 6.51. The van der Waals surface area contributed by atoms with E-state index in [1.54, 1.807) is 42.5 Å². The molecule has 1 unspecified atom stereocenters. The monoisotopic (exact) mass is 501 g/mol. The van der Waals surface area contributed by atoms with Crippen molar-refractivity contribution in [3.8, 4) is 17.2 Å². The van der Waals surface area contributed by atoms with Gasteiger partial charge in [-0.3, -0.25) is 14.5 Å². The maximum absolute atomic E-state index is 13.5.